The lowest BCUT2D eigenvalue weighted by Crippen LogP contribution is -2.24. The van der Waals surface area contributed by atoms with E-state index in [2.05, 4.69) is 10.3 Å². The third-order valence-corrected chi connectivity index (χ3v) is 4.71. The quantitative estimate of drug-likeness (QED) is 0.784. The molecule has 1 aromatic heterocycles. The van der Waals surface area contributed by atoms with Crippen LogP contribution in [0, 0.1) is 0 Å². The van der Waals surface area contributed by atoms with Crippen LogP contribution in [0.3, 0.4) is 0 Å². The summed E-state index contributed by atoms with van der Waals surface area (Å²) in [6.07, 6.45) is 1.74. The first-order chi connectivity index (χ1) is 12.7. The minimum Gasteiger partial charge on any atom is -0.496 e. The summed E-state index contributed by atoms with van der Waals surface area (Å²) in [5.74, 6) is 1.32. The molecule has 2 aromatic carbocycles. The largest absolute Gasteiger partial charge is 0.496 e. The van der Waals surface area contributed by atoms with Gasteiger partial charge in [0.2, 0.25) is 0 Å². The lowest BCUT2D eigenvalue weighted by Gasteiger charge is -2.10. The van der Waals surface area contributed by atoms with E-state index in [0.29, 0.717) is 23.0 Å². The molecule has 2 heterocycles. The molecular formula is C20H19N3O3. The molecule has 0 saturated carbocycles. The third kappa shape index (κ3) is 2.83. The minimum atomic E-state index is -0.208. The summed E-state index contributed by atoms with van der Waals surface area (Å²) in [4.78, 5) is 29.6. The van der Waals surface area contributed by atoms with Gasteiger partial charge >= 0.3 is 0 Å². The van der Waals surface area contributed by atoms with Gasteiger partial charge in [-0.25, -0.2) is 4.98 Å². The van der Waals surface area contributed by atoms with Crippen molar-refractivity contribution in [1.29, 1.82) is 0 Å². The van der Waals surface area contributed by atoms with Crippen LogP contribution in [0.1, 0.15) is 28.2 Å². The number of aryl methyl sites for hydroxylation is 1. The van der Waals surface area contributed by atoms with Gasteiger partial charge in [0.05, 0.1) is 18.0 Å². The molecule has 1 aliphatic rings. The van der Waals surface area contributed by atoms with Crippen molar-refractivity contribution in [3.8, 4) is 5.75 Å². The number of ether oxygens (including phenoxy) is 1. The molecule has 4 rings (SSSR count). The standard InChI is InChI=1S/C20H19N3O3/c1-26-17-6-3-2-5-14(17)12-21-19(24)13-8-9-15-16(11-13)22-18-7-4-10-23(18)20(15)25/h2-3,5-6,8-9,11H,4,7,10,12H2,1H3,(H,21,24). The van der Waals surface area contributed by atoms with Crippen molar-refractivity contribution >= 4 is 16.8 Å². The maximum absolute atomic E-state index is 12.5. The fraction of sp³-hybridized carbons (Fsp3) is 0.250. The van der Waals surface area contributed by atoms with Crippen LogP contribution in [0.15, 0.2) is 47.3 Å². The summed E-state index contributed by atoms with van der Waals surface area (Å²) in [5.41, 5.74) is 1.94. The first-order valence-corrected chi connectivity index (χ1v) is 8.61. The van der Waals surface area contributed by atoms with E-state index in [0.717, 1.165) is 36.5 Å². The maximum Gasteiger partial charge on any atom is 0.261 e. The van der Waals surface area contributed by atoms with E-state index < -0.39 is 0 Å². The van der Waals surface area contributed by atoms with E-state index in [1.54, 1.807) is 29.9 Å². The summed E-state index contributed by atoms with van der Waals surface area (Å²) in [6, 6.07) is 12.6. The zero-order valence-electron chi connectivity index (χ0n) is 14.5. The van der Waals surface area contributed by atoms with Crippen LogP contribution in [0.5, 0.6) is 5.75 Å². The number of aromatic nitrogens is 2. The van der Waals surface area contributed by atoms with Gasteiger partial charge in [-0.1, -0.05) is 18.2 Å². The summed E-state index contributed by atoms with van der Waals surface area (Å²) < 4.78 is 7.02. The fourth-order valence-electron chi connectivity index (χ4n) is 3.35. The normalized spacial score (nSPS) is 12.8. The highest BCUT2D eigenvalue weighted by Gasteiger charge is 2.17. The highest BCUT2D eigenvalue weighted by atomic mass is 16.5. The Morgan fingerprint density at radius 3 is 2.96 bits per heavy atom. The van der Waals surface area contributed by atoms with E-state index in [-0.39, 0.29) is 11.5 Å². The van der Waals surface area contributed by atoms with Gasteiger partial charge in [-0.2, -0.15) is 0 Å². The van der Waals surface area contributed by atoms with Gasteiger partial charge in [-0.05, 0) is 30.7 Å². The molecule has 0 fully saturated rings. The summed E-state index contributed by atoms with van der Waals surface area (Å²) in [5, 5.41) is 3.44. The van der Waals surface area contributed by atoms with Crippen molar-refractivity contribution < 1.29 is 9.53 Å². The second kappa shape index (κ2) is 6.63. The number of hydrogen-bond acceptors (Lipinski definition) is 4. The number of para-hydroxylation sites is 1. The maximum atomic E-state index is 12.5. The van der Waals surface area contributed by atoms with Crippen LogP contribution in [-0.2, 0) is 19.5 Å². The summed E-state index contributed by atoms with van der Waals surface area (Å²) in [7, 11) is 1.60. The van der Waals surface area contributed by atoms with Crippen LogP contribution in [0.25, 0.3) is 10.9 Å². The molecule has 3 aromatic rings. The molecule has 1 aliphatic heterocycles. The zero-order chi connectivity index (χ0) is 18.1. The first kappa shape index (κ1) is 16.3. The smallest absolute Gasteiger partial charge is 0.261 e. The molecule has 26 heavy (non-hydrogen) atoms. The molecule has 1 N–H and O–H groups in total. The van der Waals surface area contributed by atoms with Crippen molar-refractivity contribution in [2.45, 2.75) is 25.9 Å². The number of carbonyl (C=O) groups excluding carboxylic acids is 1. The molecule has 0 spiro atoms. The number of hydrogen-bond donors (Lipinski definition) is 1. The number of carbonyl (C=O) groups is 1. The van der Waals surface area contributed by atoms with Gasteiger partial charge in [0, 0.05) is 30.6 Å². The van der Waals surface area contributed by atoms with Gasteiger partial charge in [-0.3, -0.25) is 14.2 Å². The van der Waals surface area contributed by atoms with Crippen LogP contribution in [-0.4, -0.2) is 22.6 Å². The topological polar surface area (TPSA) is 73.2 Å². The molecule has 0 saturated heterocycles. The van der Waals surface area contributed by atoms with Crippen molar-refractivity contribution in [1.82, 2.24) is 14.9 Å². The van der Waals surface area contributed by atoms with E-state index in [4.69, 9.17) is 4.74 Å². The van der Waals surface area contributed by atoms with E-state index in [1.807, 2.05) is 24.3 Å². The first-order valence-electron chi connectivity index (χ1n) is 8.61. The second-order valence-corrected chi connectivity index (χ2v) is 6.31. The monoisotopic (exact) mass is 349 g/mol. The highest BCUT2D eigenvalue weighted by molar-refractivity contribution is 5.97. The van der Waals surface area contributed by atoms with Crippen molar-refractivity contribution in [2.75, 3.05) is 7.11 Å². The van der Waals surface area contributed by atoms with E-state index in [1.165, 1.54) is 0 Å². The van der Waals surface area contributed by atoms with Crippen molar-refractivity contribution in [3.05, 3.63) is 69.8 Å². The molecule has 132 valence electrons. The fourth-order valence-corrected chi connectivity index (χ4v) is 3.35. The molecule has 0 atom stereocenters. The Labute approximate surface area is 150 Å². The van der Waals surface area contributed by atoms with Gasteiger partial charge in [0.15, 0.2) is 0 Å². The van der Waals surface area contributed by atoms with E-state index >= 15 is 0 Å². The van der Waals surface area contributed by atoms with Gasteiger partial charge < -0.3 is 10.1 Å². The molecule has 0 bridgehead atoms. The van der Waals surface area contributed by atoms with Crippen LogP contribution in [0.2, 0.25) is 0 Å². The lowest BCUT2D eigenvalue weighted by molar-refractivity contribution is 0.0951. The summed E-state index contributed by atoms with van der Waals surface area (Å²) >= 11 is 0. The Hall–Kier alpha value is -3.15. The number of nitrogens with one attached hydrogen (secondary N) is 1. The Bertz CT molecular complexity index is 1060. The Kier molecular flexibility index (Phi) is 4.16. The van der Waals surface area contributed by atoms with Crippen molar-refractivity contribution in [2.24, 2.45) is 0 Å². The highest BCUT2D eigenvalue weighted by Crippen LogP contribution is 2.18. The summed E-state index contributed by atoms with van der Waals surface area (Å²) in [6.45, 7) is 1.08. The second-order valence-electron chi connectivity index (χ2n) is 6.31. The average molecular weight is 349 g/mol. The number of fused-ring (bicyclic) bond motifs is 2. The van der Waals surface area contributed by atoms with Crippen molar-refractivity contribution in [3.63, 3.8) is 0 Å². The predicted molar refractivity (Wildman–Crippen MR) is 98.5 cm³/mol. The lowest BCUT2D eigenvalue weighted by atomic mass is 10.1. The molecule has 0 aliphatic carbocycles. The SMILES string of the molecule is COc1ccccc1CNC(=O)c1ccc2c(=O)n3c(nc2c1)CCC3. The number of rotatable bonds is 4. The molecular weight excluding hydrogens is 330 g/mol. The Morgan fingerprint density at radius 1 is 1.27 bits per heavy atom. The van der Waals surface area contributed by atoms with Gasteiger partial charge in [0.25, 0.3) is 11.5 Å². The zero-order valence-corrected chi connectivity index (χ0v) is 14.5. The Balaban J connectivity index is 1.59. The molecule has 0 radical (unpaired) electrons. The number of methoxy groups -OCH3 is 1. The van der Waals surface area contributed by atoms with Crippen LogP contribution in [0.4, 0.5) is 0 Å². The van der Waals surface area contributed by atoms with E-state index in [9.17, 15) is 9.59 Å². The molecule has 0 unspecified atom stereocenters. The molecule has 6 heteroatoms. The van der Waals surface area contributed by atoms with Crippen LogP contribution >= 0.6 is 0 Å². The Morgan fingerprint density at radius 2 is 2.12 bits per heavy atom. The average Bonchev–Trinajstić information content (AvgIpc) is 3.14. The van der Waals surface area contributed by atoms with Gasteiger partial charge in [0.1, 0.15) is 11.6 Å². The third-order valence-electron chi connectivity index (χ3n) is 4.71. The number of benzene rings is 2. The molecule has 6 nitrogen and oxygen atoms in total. The minimum absolute atomic E-state index is 0.0246. The van der Waals surface area contributed by atoms with Gasteiger partial charge in [-0.15, -0.1) is 0 Å². The number of nitrogens with zero attached hydrogens (tertiary/aromatic N) is 2. The predicted octanol–water partition coefficient (Wildman–Crippen LogP) is 2.28. The van der Waals surface area contributed by atoms with Crippen LogP contribution < -0.4 is 15.6 Å². The molecule has 1 amide bonds. The number of amides is 1.